The van der Waals surface area contributed by atoms with Crippen LogP contribution >= 0.6 is 0 Å². The number of rotatable bonds is 5. The van der Waals surface area contributed by atoms with Gasteiger partial charge in [-0.15, -0.1) is 0 Å². The summed E-state index contributed by atoms with van der Waals surface area (Å²) in [7, 11) is -3.07. The summed E-state index contributed by atoms with van der Waals surface area (Å²) in [5.74, 6) is -0.208. The van der Waals surface area contributed by atoms with Crippen LogP contribution in [-0.2, 0) is 14.6 Å². The minimum Gasteiger partial charge on any atom is -0.368 e. The largest absolute Gasteiger partial charge is 0.368 e. The van der Waals surface area contributed by atoms with Crippen LogP contribution in [0.25, 0.3) is 22.2 Å². The molecule has 6 rings (SSSR count). The van der Waals surface area contributed by atoms with Crippen molar-refractivity contribution in [3.05, 3.63) is 66.7 Å². The summed E-state index contributed by atoms with van der Waals surface area (Å²) in [6.07, 6.45) is 3.91. The lowest BCUT2D eigenvalue weighted by Crippen LogP contribution is -2.50. The predicted molar refractivity (Wildman–Crippen MR) is 145 cm³/mol. The molecule has 1 unspecified atom stereocenters. The first-order valence-corrected chi connectivity index (χ1v) is 14.4. The molecule has 2 aromatic carbocycles. The Morgan fingerprint density at radius 2 is 1.84 bits per heavy atom. The zero-order valence-electron chi connectivity index (χ0n) is 20.6. The van der Waals surface area contributed by atoms with Crippen LogP contribution in [0.15, 0.2) is 60.9 Å². The van der Waals surface area contributed by atoms with Gasteiger partial charge in [0.25, 0.3) is 0 Å². The van der Waals surface area contributed by atoms with Crippen molar-refractivity contribution >= 4 is 44.0 Å². The highest BCUT2D eigenvalue weighted by Crippen LogP contribution is 2.29. The monoisotopic (exact) mass is 534 g/mol. The molecule has 4 heterocycles. The third-order valence-corrected chi connectivity index (χ3v) is 9.00. The van der Waals surface area contributed by atoms with Crippen LogP contribution in [0.2, 0.25) is 0 Å². The van der Waals surface area contributed by atoms with E-state index in [2.05, 4.69) is 25.2 Å². The van der Waals surface area contributed by atoms with Crippen LogP contribution in [0.5, 0.6) is 0 Å². The number of anilines is 3. The molecular weight excluding hydrogens is 507 g/mol. The zero-order valence-corrected chi connectivity index (χ0v) is 21.4. The molecule has 4 aromatic rings. The molecule has 2 aliphatic rings. The highest BCUT2D eigenvalue weighted by atomic mass is 32.2. The first-order valence-electron chi connectivity index (χ1n) is 12.6. The summed E-state index contributed by atoms with van der Waals surface area (Å²) < 4.78 is 37.3. The van der Waals surface area contributed by atoms with Crippen LogP contribution in [0.3, 0.4) is 0 Å². The summed E-state index contributed by atoms with van der Waals surface area (Å²) in [6, 6.07) is 14.3. The molecule has 11 heteroatoms. The number of piperazine rings is 1. The van der Waals surface area contributed by atoms with Crippen molar-refractivity contribution in [2.75, 3.05) is 47.9 Å². The normalized spacial score (nSPS) is 19.1. The molecule has 9 nitrogen and oxygen atoms in total. The van der Waals surface area contributed by atoms with Gasteiger partial charge in [-0.25, -0.2) is 22.8 Å². The second kappa shape index (κ2) is 9.71. The molecule has 1 atom stereocenters. The number of hydrogen-bond donors (Lipinski definition) is 2. The molecule has 0 spiro atoms. The van der Waals surface area contributed by atoms with Gasteiger partial charge in [-0.1, -0.05) is 0 Å². The van der Waals surface area contributed by atoms with Gasteiger partial charge in [-0.2, -0.15) is 0 Å². The van der Waals surface area contributed by atoms with E-state index >= 15 is 0 Å². The quantitative estimate of drug-likeness (QED) is 0.403. The van der Waals surface area contributed by atoms with Gasteiger partial charge >= 0.3 is 0 Å². The maximum absolute atomic E-state index is 13.8. The second-order valence-corrected chi connectivity index (χ2v) is 12.0. The number of aromatic amines is 1. The highest BCUT2D eigenvalue weighted by Gasteiger charge is 2.36. The van der Waals surface area contributed by atoms with Gasteiger partial charge in [0.15, 0.2) is 9.84 Å². The number of fused-ring (bicyclic) bond motifs is 1. The van der Waals surface area contributed by atoms with E-state index in [1.165, 1.54) is 12.1 Å². The van der Waals surface area contributed by atoms with Crippen molar-refractivity contribution in [1.29, 1.82) is 0 Å². The van der Waals surface area contributed by atoms with Gasteiger partial charge in [0.2, 0.25) is 11.9 Å². The average Bonchev–Trinajstić information content (AvgIpc) is 3.51. The molecule has 2 aromatic heterocycles. The van der Waals surface area contributed by atoms with Crippen molar-refractivity contribution in [1.82, 2.24) is 19.9 Å². The van der Waals surface area contributed by atoms with Gasteiger partial charge in [0.05, 0.1) is 23.1 Å². The molecule has 0 saturated carbocycles. The Balaban J connectivity index is 1.09. The molecular formula is C27H27FN6O3S. The second-order valence-electron chi connectivity index (χ2n) is 9.74. The highest BCUT2D eigenvalue weighted by molar-refractivity contribution is 7.91. The number of benzene rings is 2. The van der Waals surface area contributed by atoms with Crippen molar-refractivity contribution in [2.45, 2.75) is 6.42 Å². The Hall–Kier alpha value is -3.99. The SMILES string of the molecule is O=C(C1CCS(=O)(=O)C1)N1CCN(c2ccc(Nc3nccc(-c4c[nH]c5ccc(F)cc45)n3)cc2)CC1. The van der Waals surface area contributed by atoms with Gasteiger partial charge < -0.3 is 20.1 Å². The summed E-state index contributed by atoms with van der Waals surface area (Å²) >= 11 is 0. The third kappa shape index (κ3) is 4.93. The topological polar surface area (TPSA) is 111 Å². The van der Waals surface area contributed by atoms with Gasteiger partial charge in [-0.05, 0) is 55.0 Å². The Labute approximate surface area is 219 Å². The van der Waals surface area contributed by atoms with Crippen LogP contribution in [0, 0.1) is 11.7 Å². The molecule has 38 heavy (non-hydrogen) atoms. The molecule has 2 aliphatic heterocycles. The molecule has 2 saturated heterocycles. The van der Waals surface area contributed by atoms with Crippen LogP contribution in [0.4, 0.5) is 21.7 Å². The number of sulfone groups is 1. The van der Waals surface area contributed by atoms with E-state index in [0.29, 0.717) is 44.2 Å². The van der Waals surface area contributed by atoms with Crippen molar-refractivity contribution in [3.63, 3.8) is 0 Å². The zero-order chi connectivity index (χ0) is 26.3. The van der Waals surface area contributed by atoms with E-state index in [-0.39, 0.29) is 23.2 Å². The molecule has 1 amide bonds. The van der Waals surface area contributed by atoms with E-state index in [9.17, 15) is 17.6 Å². The number of halogens is 1. The fourth-order valence-electron chi connectivity index (χ4n) is 5.19. The maximum atomic E-state index is 13.8. The Bertz CT molecular complexity index is 1600. The summed E-state index contributed by atoms with van der Waals surface area (Å²) in [4.78, 5) is 28.8. The smallest absolute Gasteiger partial charge is 0.227 e. The molecule has 0 radical (unpaired) electrons. The molecule has 196 valence electrons. The number of nitrogens with one attached hydrogen (secondary N) is 2. The Kier molecular flexibility index (Phi) is 6.22. The standard InChI is InChI=1S/C27H27FN6O3S/c28-19-1-6-24-22(15-19)23(16-30-24)25-7-9-29-27(32-25)31-20-2-4-21(5-3-20)33-10-12-34(13-11-33)26(35)18-8-14-38(36,37)17-18/h1-7,9,15-16,18,30H,8,10-14,17H2,(H,29,31,32). The number of nitrogens with zero attached hydrogens (tertiary/aromatic N) is 4. The number of aromatic nitrogens is 3. The molecule has 0 bridgehead atoms. The number of carbonyl (C=O) groups excluding carboxylic acids is 1. The maximum Gasteiger partial charge on any atom is 0.227 e. The van der Waals surface area contributed by atoms with E-state index < -0.39 is 15.8 Å². The first kappa shape index (κ1) is 24.4. The summed E-state index contributed by atoms with van der Waals surface area (Å²) in [5.41, 5.74) is 4.18. The van der Waals surface area contributed by atoms with Gasteiger partial charge in [0.1, 0.15) is 5.82 Å². The fourth-order valence-corrected chi connectivity index (χ4v) is 6.92. The number of carbonyl (C=O) groups is 1. The van der Waals surface area contributed by atoms with Crippen LogP contribution in [-0.4, -0.2) is 71.9 Å². The van der Waals surface area contributed by atoms with Crippen LogP contribution in [0.1, 0.15) is 6.42 Å². The third-order valence-electron chi connectivity index (χ3n) is 7.24. The molecule has 0 aliphatic carbocycles. The van der Waals surface area contributed by atoms with Crippen molar-refractivity contribution in [3.8, 4) is 11.3 Å². The molecule has 2 fully saturated rings. The van der Waals surface area contributed by atoms with Gasteiger partial charge in [-0.3, -0.25) is 4.79 Å². The average molecular weight is 535 g/mol. The Morgan fingerprint density at radius 1 is 1.05 bits per heavy atom. The lowest BCUT2D eigenvalue weighted by atomic mass is 10.1. The molecule has 2 N–H and O–H groups in total. The minimum atomic E-state index is -3.07. The minimum absolute atomic E-state index is 0.0204. The Morgan fingerprint density at radius 3 is 2.58 bits per heavy atom. The number of amides is 1. The number of H-pyrrole nitrogens is 1. The van der Waals surface area contributed by atoms with Crippen molar-refractivity contribution < 1.29 is 17.6 Å². The summed E-state index contributed by atoms with van der Waals surface area (Å²) in [6.45, 7) is 2.53. The lowest BCUT2D eigenvalue weighted by Gasteiger charge is -2.37. The lowest BCUT2D eigenvalue weighted by molar-refractivity contribution is -0.135. The van der Waals surface area contributed by atoms with Gasteiger partial charge in [0, 0.05) is 66.4 Å². The van der Waals surface area contributed by atoms with E-state index in [1.54, 1.807) is 23.2 Å². The summed E-state index contributed by atoms with van der Waals surface area (Å²) in [5, 5.41) is 3.99. The van der Waals surface area contributed by atoms with E-state index in [4.69, 9.17) is 0 Å². The van der Waals surface area contributed by atoms with E-state index in [0.717, 1.165) is 27.8 Å². The fraction of sp³-hybridized carbons (Fsp3) is 0.296. The predicted octanol–water partition coefficient (Wildman–Crippen LogP) is 3.59. The van der Waals surface area contributed by atoms with Crippen LogP contribution < -0.4 is 10.2 Å². The first-order chi connectivity index (χ1) is 18.3. The van der Waals surface area contributed by atoms with E-state index in [1.807, 2.05) is 30.5 Å². The number of hydrogen-bond acceptors (Lipinski definition) is 7. The van der Waals surface area contributed by atoms with Crippen molar-refractivity contribution in [2.24, 2.45) is 5.92 Å².